The number of rotatable bonds is 9. The molecule has 1 saturated carbocycles. The van der Waals surface area contributed by atoms with Gasteiger partial charge in [0.2, 0.25) is 0 Å². The molecule has 0 spiro atoms. The van der Waals surface area contributed by atoms with Crippen LogP contribution in [0.5, 0.6) is 0 Å². The van der Waals surface area contributed by atoms with Crippen LogP contribution in [-0.4, -0.2) is 17.2 Å². The van der Waals surface area contributed by atoms with E-state index < -0.39 is 0 Å². The molecule has 3 heterocycles. The summed E-state index contributed by atoms with van der Waals surface area (Å²) in [6.07, 6.45) is 9.96. The summed E-state index contributed by atoms with van der Waals surface area (Å²) < 4.78 is 0. The number of allylic oxidation sites excluding steroid dienone is 6. The molecule has 1 fully saturated rings. The highest BCUT2D eigenvalue weighted by Crippen LogP contribution is 2.35. The maximum absolute atomic E-state index is 5.05. The molecule has 2 aliphatic rings. The highest BCUT2D eigenvalue weighted by molar-refractivity contribution is 7.13. The van der Waals surface area contributed by atoms with E-state index in [4.69, 9.17) is 4.99 Å². The highest BCUT2D eigenvalue weighted by Gasteiger charge is 2.24. The highest BCUT2D eigenvalue weighted by atomic mass is 32.1. The largest absolute Gasteiger partial charge is 0.363 e. The van der Waals surface area contributed by atoms with Gasteiger partial charge in [0.15, 0.2) is 0 Å². The monoisotopic (exact) mass is 529 g/mol. The number of hydrogen-bond donors (Lipinski definition) is 2. The van der Waals surface area contributed by atoms with Crippen molar-refractivity contribution in [3.63, 3.8) is 0 Å². The normalized spacial score (nSPS) is 16.5. The fraction of sp³-hybridized carbons (Fsp3) is 0.229. The van der Waals surface area contributed by atoms with Gasteiger partial charge >= 0.3 is 0 Å². The molecule has 6 rings (SSSR count). The van der Waals surface area contributed by atoms with Crippen LogP contribution in [0, 0.1) is 11.8 Å². The standard InChI is InChI=1S/C35H35N3S/c1-5-22(2)18-28(19-23(3)37-24(4)25-11-12-25)27-14-13-26-15-16-36-35(30(26)20-27)33-21-31-29(34-10-7-17-39-34)8-6-9-32(31)38-33/h5-10,13-14,17-22,25,37-38H,1,4,11-12,15-16H2,2-3H3/b23-19+,28-18+/t22-/m0/s1. The molecule has 196 valence electrons. The Kier molecular flexibility index (Phi) is 6.97. The van der Waals surface area contributed by atoms with Gasteiger partial charge in [0.25, 0.3) is 0 Å². The van der Waals surface area contributed by atoms with Crippen LogP contribution in [0.1, 0.15) is 49.1 Å². The lowest BCUT2D eigenvalue weighted by atomic mass is 9.90. The van der Waals surface area contributed by atoms with E-state index in [1.54, 1.807) is 11.3 Å². The van der Waals surface area contributed by atoms with Gasteiger partial charge in [-0.3, -0.25) is 4.99 Å². The number of H-pyrrole nitrogens is 1. The van der Waals surface area contributed by atoms with E-state index in [0.29, 0.717) is 5.92 Å². The number of nitrogens with zero attached hydrogens (tertiary/aromatic N) is 1. The van der Waals surface area contributed by atoms with Crippen LogP contribution in [-0.2, 0) is 6.42 Å². The molecule has 0 saturated heterocycles. The Bertz CT molecular complexity index is 1640. The van der Waals surface area contributed by atoms with Crippen molar-refractivity contribution in [2.45, 2.75) is 33.1 Å². The van der Waals surface area contributed by atoms with E-state index in [1.165, 1.54) is 50.9 Å². The van der Waals surface area contributed by atoms with Crippen molar-refractivity contribution in [3.8, 4) is 10.4 Å². The number of aromatic amines is 1. The molecule has 4 heteroatoms. The predicted octanol–water partition coefficient (Wildman–Crippen LogP) is 8.91. The van der Waals surface area contributed by atoms with Crippen molar-refractivity contribution >= 4 is 33.5 Å². The van der Waals surface area contributed by atoms with E-state index in [9.17, 15) is 0 Å². The van der Waals surface area contributed by atoms with Crippen LogP contribution >= 0.6 is 11.3 Å². The fourth-order valence-electron chi connectivity index (χ4n) is 5.36. The van der Waals surface area contributed by atoms with Crippen LogP contribution in [0.25, 0.3) is 26.9 Å². The second-order valence-electron chi connectivity index (χ2n) is 10.7. The SMILES string of the molecule is C=C[C@H](C)/C=C(\C=C(/C)NC(=C)C1CC1)c1ccc2c(c1)C(c1cc3c(-c4cccs4)cccc3[nH]1)=NCC2. The average Bonchev–Trinajstić information content (AvgIpc) is 3.48. The maximum atomic E-state index is 5.05. The van der Waals surface area contributed by atoms with Gasteiger partial charge in [-0.1, -0.05) is 56.0 Å². The van der Waals surface area contributed by atoms with E-state index >= 15 is 0 Å². The molecular formula is C35H35N3S. The molecule has 1 atom stereocenters. The van der Waals surface area contributed by atoms with Gasteiger partial charge in [0.1, 0.15) is 0 Å². The zero-order chi connectivity index (χ0) is 26.9. The third kappa shape index (κ3) is 5.35. The molecular weight excluding hydrogens is 494 g/mol. The second kappa shape index (κ2) is 10.7. The van der Waals surface area contributed by atoms with E-state index in [1.807, 2.05) is 6.08 Å². The average molecular weight is 530 g/mol. The fourth-order valence-corrected chi connectivity index (χ4v) is 6.13. The summed E-state index contributed by atoms with van der Waals surface area (Å²) in [4.78, 5) is 10.0. The first-order valence-electron chi connectivity index (χ1n) is 13.8. The van der Waals surface area contributed by atoms with Gasteiger partial charge in [0, 0.05) is 44.8 Å². The summed E-state index contributed by atoms with van der Waals surface area (Å²) in [7, 11) is 0. The van der Waals surface area contributed by atoms with Crippen molar-refractivity contribution in [2.75, 3.05) is 6.54 Å². The van der Waals surface area contributed by atoms with Gasteiger partial charge in [-0.05, 0) is 90.4 Å². The maximum Gasteiger partial charge on any atom is 0.0884 e. The Balaban J connectivity index is 1.39. The van der Waals surface area contributed by atoms with Gasteiger partial charge < -0.3 is 10.3 Å². The smallest absolute Gasteiger partial charge is 0.0884 e. The Morgan fingerprint density at radius 2 is 2.00 bits per heavy atom. The lowest BCUT2D eigenvalue weighted by Gasteiger charge is -2.19. The molecule has 1 aliphatic heterocycles. The van der Waals surface area contributed by atoms with Gasteiger partial charge in [-0.2, -0.15) is 0 Å². The lowest BCUT2D eigenvalue weighted by Crippen LogP contribution is -2.15. The molecule has 39 heavy (non-hydrogen) atoms. The number of aliphatic imine (C=N–C) groups is 1. The lowest BCUT2D eigenvalue weighted by molar-refractivity contribution is 0.848. The van der Waals surface area contributed by atoms with Crippen LogP contribution in [0.4, 0.5) is 0 Å². The third-order valence-corrected chi connectivity index (χ3v) is 8.57. The predicted molar refractivity (Wildman–Crippen MR) is 168 cm³/mol. The minimum atomic E-state index is 0.254. The molecule has 0 unspecified atom stereocenters. The Morgan fingerprint density at radius 1 is 1.13 bits per heavy atom. The number of hydrogen-bond acceptors (Lipinski definition) is 3. The van der Waals surface area contributed by atoms with Gasteiger partial charge in [-0.25, -0.2) is 0 Å². The first-order chi connectivity index (χ1) is 19.0. The summed E-state index contributed by atoms with van der Waals surface area (Å²) in [6, 6.07) is 19.9. The molecule has 0 radical (unpaired) electrons. The molecule has 2 aromatic heterocycles. The zero-order valence-corrected chi connectivity index (χ0v) is 23.6. The summed E-state index contributed by atoms with van der Waals surface area (Å²) in [5.41, 5.74) is 11.7. The van der Waals surface area contributed by atoms with Crippen molar-refractivity contribution in [3.05, 3.63) is 125 Å². The third-order valence-electron chi connectivity index (χ3n) is 7.67. The number of benzene rings is 2. The summed E-state index contributed by atoms with van der Waals surface area (Å²) in [6.45, 7) is 13.4. The number of thiophene rings is 1. The van der Waals surface area contributed by atoms with Crippen LogP contribution in [0.2, 0.25) is 0 Å². The minimum Gasteiger partial charge on any atom is -0.363 e. The second-order valence-corrected chi connectivity index (χ2v) is 11.7. The number of aromatic nitrogens is 1. The minimum absolute atomic E-state index is 0.254. The quantitative estimate of drug-likeness (QED) is 0.165. The van der Waals surface area contributed by atoms with Crippen molar-refractivity contribution in [1.29, 1.82) is 0 Å². The molecule has 1 aliphatic carbocycles. The van der Waals surface area contributed by atoms with Crippen LogP contribution in [0.15, 0.2) is 108 Å². The van der Waals surface area contributed by atoms with E-state index in [0.717, 1.165) is 41.3 Å². The van der Waals surface area contributed by atoms with Crippen LogP contribution in [0.3, 0.4) is 0 Å². The Morgan fingerprint density at radius 3 is 2.77 bits per heavy atom. The molecule has 0 bridgehead atoms. The topological polar surface area (TPSA) is 40.2 Å². The molecule has 4 aromatic rings. The Hall–Kier alpha value is -3.89. The van der Waals surface area contributed by atoms with Gasteiger partial charge in [-0.15, -0.1) is 17.9 Å². The van der Waals surface area contributed by atoms with E-state index in [-0.39, 0.29) is 5.92 Å². The Labute approximate surface area is 235 Å². The summed E-state index contributed by atoms with van der Waals surface area (Å²) in [5.74, 6) is 0.872. The van der Waals surface area contributed by atoms with Crippen molar-refractivity contribution in [2.24, 2.45) is 16.8 Å². The number of nitrogens with one attached hydrogen (secondary N) is 2. The molecule has 0 amide bonds. The van der Waals surface area contributed by atoms with Gasteiger partial charge in [0.05, 0.1) is 11.4 Å². The van der Waals surface area contributed by atoms with E-state index in [2.05, 4.69) is 109 Å². The first kappa shape index (κ1) is 25.4. The first-order valence-corrected chi connectivity index (χ1v) is 14.7. The van der Waals surface area contributed by atoms with Crippen molar-refractivity contribution < 1.29 is 0 Å². The number of fused-ring (bicyclic) bond motifs is 2. The van der Waals surface area contributed by atoms with Crippen LogP contribution < -0.4 is 5.32 Å². The summed E-state index contributed by atoms with van der Waals surface area (Å²) in [5, 5.41) is 6.91. The molecule has 2 N–H and O–H groups in total. The zero-order valence-electron chi connectivity index (χ0n) is 22.8. The molecule has 2 aromatic carbocycles. The van der Waals surface area contributed by atoms with Crippen molar-refractivity contribution in [1.82, 2.24) is 10.3 Å². The summed E-state index contributed by atoms with van der Waals surface area (Å²) >= 11 is 1.78. The molecule has 3 nitrogen and oxygen atoms in total.